The van der Waals surface area contributed by atoms with Gasteiger partial charge in [0.25, 0.3) is 0 Å². The van der Waals surface area contributed by atoms with Gasteiger partial charge in [-0.1, -0.05) is 23.7 Å². The van der Waals surface area contributed by atoms with Crippen molar-refractivity contribution in [3.63, 3.8) is 0 Å². The predicted octanol–water partition coefficient (Wildman–Crippen LogP) is 4.00. The number of nitrogens with one attached hydrogen (secondary N) is 1. The molecule has 3 rings (SSSR count). The number of carbonyl (C=O) groups is 1. The minimum Gasteiger partial charge on any atom is -0.376 e. The van der Waals surface area contributed by atoms with E-state index >= 15 is 0 Å². The SMILES string of the molecule is CN(C)c1ccc(Cl)cc1NC(=O)/C=C/c1cnc2ccccc2n1. The summed E-state index contributed by atoms with van der Waals surface area (Å²) in [6.07, 6.45) is 4.70. The van der Waals surface area contributed by atoms with Crippen LogP contribution in [0.25, 0.3) is 17.1 Å². The van der Waals surface area contributed by atoms with Gasteiger partial charge in [-0.05, 0) is 36.4 Å². The van der Waals surface area contributed by atoms with Crippen LogP contribution in [0.1, 0.15) is 5.69 Å². The zero-order valence-corrected chi connectivity index (χ0v) is 14.7. The summed E-state index contributed by atoms with van der Waals surface area (Å²) in [5, 5.41) is 3.40. The summed E-state index contributed by atoms with van der Waals surface area (Å²) in [5.41, 5.74) is 3.75. The molecule has 1 amide bonds. The van der Waals surface area contributed by atoms with E-state index in [2.05, 4.69) is 15.3 Å². The molecule has 0 aliphatic carbocycles. The normalized spacial score (nSPS) is 11.0. The van der Waals surface area contributed by atoms with Gasteiger partial charge in [0.05, 0.1) is 34.3 Å². The van der Waals surface area contributed by atoms with Gasteiger partial charge in [-0.2, -0.15) is 0 Å². The molecule has 126 valence electrons. The monoisotopic (exact) mass is 352 g/mol. The molecule has 1 aromatic heterocycles. The maximum atomic E-state index is 12.2. The Morgan fingerprint density at radius 3 is 2.68 bits per heavy atom. The van der Waals surface area contributed by atoms with Gasteiger partial charge in [0, 0.05) is 25.2 Å². The number of anilines is 2. The van der Waals surface area contributed by atoms with Gasteiger partial charge in [-0.3, -0.25) is 9.78 Å². The summed E-state index contributed by atoms with van der Waals surface area (Å²) in [5.74, 6) is -0.264. The first-order valence-electron chi connectivity index (χ1n) is 7.70. The largest absolute Gasteiger partial charge is 0.376 e. The number of fused-ring (bicyclic) bond motifs is 1. The fourth-order valence-electron chi connectivity index (χ4n) is 2.39. The highest BCUT2D eigenvalue weighted by atomic mass is 35.5. The third-order valence-electron chi connectivity index (χ3n) is 3.57. The van der Waals surface area contributed by atoms with Crippen molar-refractivity contribution < 1.29 is 4.79 Å². The minimum absolute atomic E-state index is 0.264. The second-order valence-electron chi connectivity index (χ2n) is 5.66. The van der Waals surface area contributed by atoms with Gasteiger partial charge in [-0.25, -0.2) is 4.98 Å². The molecule has 0 atom stereocenters. The first-order valence-corrected chi connectivity index (χ1v) is 8.08. The van der Waals surface area contributed by atoms with Crippen molar-refractivity contribution in [2.75, 3.05) is 24.3 Å². The summed E-state index contributed by atoms with van der Waals surface area (Å²) in [7, 11) is 3.80. The Labute approximate surface area is 151 Å². The van der Waals surface area contributed by atoms with E-state index in [1.807, 2.05) is 49.3 Å². The molecule has 0 saturated carbocycles. The van der Waals surface area contributed by atoms with Gasteiger partial charge < -0.3 is 10.2 Å². The van der Waals surface area contributed by atoms with E-state index in [1.54, 1.807) is 24.4 Å². The number of benzene rings is 2. The number of halogens is 1. The maximum absolute atomic E-state index is 12.2. The van der Waals surface area contributed by atoms with Crippen molar-refractivity contribution in [1.29, 1.82) is 0 Å². The van der Waals surface area contributed by atoms with Crippen LogP contribution in [0.2, 0.25) is 5.02 Å². The molecule has 5 nitrogen and oxygen atoms in total. The van der Waals surface area contributed by atoms with Crippen molar-refractivity contribution in [3.8, 4) is 0 Å². The fraction of sp³-hybridized carbons (Fsp3) is 0.105. The van der Waals surface area contributed by atoms with E-state index in [1.165, 1.54) is 6.08 Å². The van der Waals surface area contributed by atoms with Gasteiger partial charge >= 0.3 is 0 Å². The quantitative estimate of drug-likeness (QED) is 0.721. The molecule has 1 N–H and O–H groups in total. The van der Waals surface area contributed by atoms with Crippen LogP contribution in [0.3, 0.4) is 0 Å². The number of aromatic nitrogens is 2. The van der Waals surface area contributed by atoms with E-state index in [-0.39, 0.29) is 5.91 Å². The minimum atomic E-state index is -0.264. The van der Waals surface area contributed by atoms with Crippen LogP contribution < -0.4 is 10.2 Å². The van der Waals surface area contributed by atoms with Crippen LogP contribution in [0, 0.1) is 0 Å². The predicted molar refractivity (Wildman–Crippen MR) is 103 cm³/mol. The van der Waals surface area contributed by atoms with Crippen molar-refractivity contribution in [1.82, 2.24) is 9.97 Å². The molecule has 0 radical (unpaired) electrons. The molecule has 1 heterocycles. The van der Waals surface area contributed by atoms with Gasteiger partial charge in [0.15, 0.2) is 0 Å². The number of carbonyl (C=O) groups excluding carboxylic acids is 1. The Bertz CT molecular complexity index is 953. The Morgan fingerprint density at radius 1 is 1.16 bits per heavy atom. The van der Waals surface area contributed by atoms with Crippen molar-refractivity contribution in [2.45, 2.75) is 0 Å². The summed E-state index contributed by atoms with van der Waals surface area (Å²) < 4.78 is 0. The number of amides is 1. The lowest BCUT2D eigenvalue weighted by atomic mass is 10.2. The van der Waals surface area contributed by atoms with Gasteiger partial charge in [0.1, 0.15) is 0 Å². The van der Waals surface area contributed by atoms with Crippen LogP contribution in [0.4, 0.5) is 11.4 Å². The zero-order valence-electron chi connectivity index (χ0n) is 13.9. The summed E-state index contributed by atoms with van der Waals surface area (Å²) >= 11 is 6.03. The lowest BCUT2D eigenvalue weighted by Gasteiger charge is -2.17. The molecule has 2 aromatic carbocycles. The van der Waals surface area contributed by atoms with Crippen LogP contribution in [0.5, 0.6) is 0 Å². The number of nitrogens with zero attached hydrogens (tertiary/aromatic N) is 3. The molecule has 0 aliphatic rings. The zero-order chi connectivity index (χ0) is 17.8. The first-order chi connectivity index (χ1) is 12.0. The maximum Gasteiger partial charge on any atom is 0.248 e. The van der Waals surface area contributed by atoms with Crippen molar-refractivity contribution in [3.05, 3.63) is 65.5 Å². The van der Waals surface area contributed by atoms with E-state index < -0.39 is 0 Å². The molecule has 6 heteroatoms. The molecule has 0 bridgehead atoms. The number of hydrogen-bond donors (Lipinski definition) is 1. The van der Waals surface area contributed by atoms with Crippen molar-refractivity contribution >= 4 is 46.0 Å². The van der Waals surface area contributed by atoms with Gasteiger partial charge in [-0.15, -0.1) is 0 Å². The highest BCUT2D eigenvalue weighted by molar-refractivity contribution is 6.31. The molecule has 0 aliphatic heterocycles. The van der Waals surface area contributed by atoms with Crippen molar-refractivity contribution in [2.24, 2.45) is 0 Å². The van der Waals surface area contributed by atoms with Crippen LogP contribution in [-0.4, -0.2) is 30.0 Å². The first kappa shape index (κ1) is 16.9. The highest BCUT2D eigenvalue weighted by Gasteiger charge is 2.07. The Balaban J connectivity index is 1.77. The van der Waals surface area contributed by atoms with E-state index in [0.717, 1.165) is 16.7 Å². The topological polar surface area (TPSA) is 58.1 Å². The highest BCUT2D eigenvalue weighted by Crippen LogP contribution is 2.27. The van der Waals surface area contributed by atoms with E-state index in [9.17, 15) is 4.79 Å². The van der Waals surface area contributed by atoms with E-state index in [4.69, 9.17) is 11.6 Å². The van der Waals surface area contributed by atoms with Crippen LogP contribution in [0.15, 0.2) is 54.7 Å². The van der Waals surface area contributed by atoms with Gasteiger partial charge in [0.2, 0.25) is 5.91 Å². The molecule has 0 spiro atoms. The summed E-state index contributed by atoms with van der Waals surface area (Å²) in [6.45, 7) is 0. The smallest absolute Gasteiger partial charge is 0.248 e. The average molecular weight is 353 g/mol. The molecule has 0 unspecified atom stereocenters. The lowest BCUT2D eigenvalue weighted by Crippen LogP contribution is -2.15. The Hall–Kier alpha value is -2.92. The number of rotatable bonds is 4. The molecular formula is C19H17ClN4O. The van der Waals surface area contributed by atoms with E-state index in [0.29, 0.717) is 16.4 Å². The fourth-order valence-corrected chi connectivity index (χ4v) is 2.56. The van der Waals surface area contributed by atoms with Crippen LogP contribution >= 0.6 is 11.6 Å². The Morgan fingerprint density at radius 2 is 1.92 bits per heavy atom. The molecule has 3 aromatic rings. The molecular weight excluding hydrogens is 336 g/mol. The molecule has 0 fully saturated rings. The number of para-hydroxylation sites is 2. The second kappa shape index (κ2) is 7.32. The average Bonchev–Trinajstić information content (AvgIpc) is 2.59. The lowest BCUT2D eigenvalue weighted by molar-refractivity contribution is -0.111. The number of hydrogen-bond acceptors (Lipinski definition) is 4. The standard InChI is InChI=1S/C19H17ClN4O/c1-24(2)18-9-7-13(20)11-17(18)23-19(25)10-8-14-12-21-15-5-3-4-6-16(15)22-14/h3-12H,1-2H3,(H,23,25)/b10-8+. The molecule has 0 saturated heterocycles. The third-order valence-corrected chi connectivity index (χ3v) is 3.81. The summed E-state index contributed by atoms with van der Waals surface area (Å²) in [6, 6.07) is 13.0. The summed E-state index contributed by atoms with van der Waals surface area (Å²) in [4.78, 5) is 22.9. The van der Waals surface area contributed by atoms with Crippen LogP contribution in [-0.2, 0) is 4.79 Å². The second-order valence-corrected chi connectivity index (χ2v) is 6.10. The Kier molecular flexibility index (Phi) is 4.95. The third kappa shape index (κ3) is 4.14. The molecule has 25 heavy (non-hydrogen) atoms.